The number of aromatic nitrogens is 1. The average Bonchev–Trinajstić information content (AvgIpc) is 3.46. The van der Waals surface area contributed by atoms with Gasteiger partial charge < -0.3 is 14.0 Å². The van der Waals surface area contributed by atoms with Gasteiger partial charge in [-0.3, -0.25) is 4.90 Å². The van der Waals surface area contributed by atoms with Gasteiger partial charge in [-0.05, 0) is 85.8 Å². The number of ether oxygens (including phenoxy) is 2. The van der Waals surface area contributed by atoms with E-state index in [1.54, 1.807) is 0 Å². The van der Waals surface area contributed by atoms with Crippen molar-refractivity contribution in [3.8, 4) is 11.3 Å². The van der Waals surface area contributed by atoms with Crippen LogP contribution in [0.2, 0.25) is 10.0 Å². The highest BCUT2D eigenvalue weighted by molar-refractivity contribution is 6.39. The molecule has 2 heterocycles. The monoisotopic (exact) mass is 566 g/mol. The highest BCUT2D eigenvalue weighted by Gasteiger charge is 2.47. The molecule has 3 fully saturated rings. The predicted octanol–water partition coefficient (Wildman–Crippen LogP) is 7.40. The second kappa shape index (κ2) is 10.2. The maximum absolute atomic E-state index is 12.0. The van der Waals surface area contributed by atoms with Gasteiger partial charge in [-0.25, -0.2) is 4.79 Å². The summed E-state index contributed by atoms with van der Waals surface area (Å²) >= 11 is 13.1. The normalized spacial score (nSPS) is 26.1. The molecule has 0 amide bonds. The summed E-state index contributed by atoms with van der Waals surface area (Å²) in [7, 11) is 1.43. The number of hydrogen-bond donors (Lipinski definition) is 0. The molecule has 3 aliphatic carbocycles. The van der Waals surface area contributed by atoms with E-state index in [1.807, 2.05) is 30.3 Å². The molecule has 7 rings (SSSR count). The molecule has 4 atom stereocenters. The molecule has 8 heteroatoms. The number of halogens is 2. The Morgan fingerprint density at radius 1 is 1.03 bits per heavy atom. The smallest absolute Gasteiger partial charge is 0.337 e. The van der Waals surface area contributed by atoms with Crippen molar-refractivity contribution < 1.29 is 18.8 Å². The van der Waals surface area contributed by atoms with Crippen LogP contribution in [0.4, 0.5) is 0 Å². The van der Waals surface area contributed by atoms with E-state index in [4.69, 9.17) is 37.2 Å². The first-order chi connectivity index (χ1) is 19.0. The molecule has 0 saturated heterocycles. The van der Waals surface area contributed by atoms with E-state index < -0.39 is 0 Å². The van der Waals surface area contributed by atoms with E-state index in [2.05, 4.69) is 16.1 Å². The Bertz CT molecular complexity index is 1380. The number of rotatable bonds is 7. The molecule has 3 aromatic rings. The molecule has 0 spiro atoms. The summed E-state index contributed by atoms with van der Waals surface area (Å²) in [5.41, 5.74) is 5.65. The Hall–Kier alpha value is -2.38. The summed E-state index contributed by atoms with van der Waals surface area (Å²) in [6.07, 6.45) is 7.07. The van der Waals surface area contributed by atoms with E-state index in [0.29, 0.717) is 51.7 Å². The number of fused-ring (bicyclic) bond motifs is 3. The number of methoxy groups -OCH3 is 1. The fourth-order valence-electron chi connectivity index (χ4n) is 7.30. The third kappa shape index (κ3) is 4.69. The fourth-order valence-corrected chi connectivity index (χ4v) is 7.88. The number of nitrogens with zero attached hydrogens (tertiary/aromatic N) is 2. The second-order valence-corrected chi connectivity index (χ2v) is 12.4. The second-order valence-electron chi connectivity index (χ2n) is 11.6. The largest absolute Gasteiger partial charge is 0.465 e. The standard InChI is InChI=1S/C31H32Cl2N2O4/c1-37-31(36)20-9-10-21-14-35(15-22(21)11-20)29-18-7-8-19(29)13-23(12-18)38-16-24-28(34-39-30(24)17-5-6-17)27-25(32)3-2-4-26(27)33/h2-4,9-11,17-19,23,29H,5-8,12-16H2,1H3/t18-,19+,23+,29-. The molecule has 2 aromatic carbocycles. The topological polar surface area (TPSA) is 64.8 Å². The zero-order valence-electron chi connectivity index (χ0n) is 22.0. The molecule has 6 nitrogen and oxygen atoms in total. The van der Waals surface area contributed by atoms with E-state index in [0.717, 1.165) is 55.7 Å². The van der Waals surface area contributed by atoms with Crippen molar-refractivity contribution in [1.29, 1.82) is 0 Å². The molecule has 204 valence electrons. The molecule has 3 saturated carbocycles. The van der Waals surface area contributed by atoms with Crippen LogP contribution in [-0.2, 0) is 29.2 Å². The van der Waals surface area contributed by atoms with Gasteiger partial charge in [-0.2, -0.15) is 0 Å². The number of hydrogen-bond acceptors (Lipinski definition) is 6. The highest BCUT2D eigenvalue weighted by atomic mass is 35.5. The number of carbonyl (C=O) groups is 1. The van der Waals surface area contributed by atoms with Crippen LogP contribution in [0.1, 0.15) is 77.3 Å². The van der Waals surface area contributed by atoms with Gasteiger partial charge in [0.2, 0.25) is 0 Å². The minimum Gasteiger partial charge on any atom is -0.465 e. The molecule has 39 heavy (non-hydrogen) atoms. The van der Waals surface area contributed by atoms with Crippen molar-refractivity contribution in [2.75, 3.05) is 7.11 Å². The van der Waals surface area contributed by atoms with Gasteiger partial charge in [0.15, 0.2) is 0 Å². The molecule has 1 aliphatic heterocycles. The van der Waals surface area contributed by atoms with Crippen LogP contribution in [0.15, 0.2) is 40.9 Å². The van der Waals surface area contributed by atoms with E-state index >= 15 is 0 Å². The Morgan fingerprint density at radius 3 is 2.44 bits per heavy atom. The summed E-state index contributed by atoms with van der Waals surface area (Å²) in [4.78, 5) is 14.6. The first kappa shape index (κ1) is 25.6. The van der Waals surface area contributed by atoms with E-state index in [9.17, 15) is 4.79 Å². The first-order valence-corrected chi connectivity index (χ1v) is 14.7. The van der Waals surface area contributed by atoms with Crippen LogP contribution in [0, 0.1) is 11.8 Å². The maximum Gasteiger partial charge on any atom is 0.337 e. The summed E-state index contributed by atoms with van der Waals surface area (Å²) in [6.45, 7) is 2.32. The fraction of sp³-hybridized carbons (Fsp3) is 0.484. The van der Waals surface area contributed by atoms with Gasteiger partial charge >= 0.3 is 5.97 Å². The lowest BCUT2D eigenvalue weighted by atomic mass is 9.81. The van der Waals surface area contributed by atoms with Crippen LogP contribution in [0.25, 0.3) is 11.3 Å². The van der Waals surface area contributed by atoms with E-state index in [-0.39, 0.29) is 12.1 Å². The first-order valence-electron chi connectivity index (χ1n) is 14.0. The summed E-state index contributed by atoms with van der Waals surface area (Å²) < 4.78 is 17.4. The minimum absolute atomic E-state index is 0.214. The molecule has 0 N–H and O–H groups in total. The molecular weight excluding hydrogens is 535 g/mol. The Balaban J connectivity index is 1.05. The lowest BCUT2D eigenvalue weighted by Crippen LogP contribution is -2.44. The van der Waals surface area contributed by atoms with Gasteiger partial charge in [0.1, 0.15) is 11.5 Å². The van der Waals surface area contributed by atoms with Crippen molar-refractivity contribution in [3.05, 3.63) is 74.5 Å². The summed E-state index contributed by atoms with van der Waals surface area (Å²) in [5, 5.41) is 5.57. The van der Waals surface area contributed by atoms with Gasteiger partial charge in [-0.1, -0.05) is 40.5 Å². The van der Waals surface area contributed by atoms with Crippen LogP contribution in [0.3, 0.4) is 0 Å². The zero-order chi connectivity index (χ0) is 26.7. The Labute approximate surface area is 238 Å². The van der Waals surface area contributed by atoms with Gasteiger partial charge in [0.25, 0.3) is 0 Å². The molecule has 1 aromatic heterocycles. The summed E-state index contributed by atoms with van der Waals surface area (Å²) in [6, 6.07) is 12.1. The van der Waals surface area contributed by atoms with Crippen LogP contribution >= 0.6 is 23.2 Å². The lowest BCUT2D eigenvalue weighted by Gasteiger charge is -2.40. The third-order valence-corrected chi connectivity index (χ3v) is 9.86. The molecule has 4 aliphatic rings. The SMILES string of the molecule is COC(=O)c1ccc2c(c1)CN([C@@H]1[C@@H]3CC[C@H]1C[C@@H](OCc1c(-c4c(Cl)cccc4Cl)noc1C1CC1)C3)C2. The van der Waals surface area contributed by atoms with Crippen molar-refractivity contribution >= 4 is 29.2 Å². The van der Waals surface area contributed by atoms with Gasteiger partial charge in [-0.15, -0.1) is 0 Å². The molecule has 2 bridgehead atoms. The van der Waals surface area contributed by atoms with Gasteiger partial charge in [0.05, 0.1) is 35.4 Å². The van der Waals surface area contributed by atoms with Crippen molar-refractivity contribution in [1.82, 2.24) is 10.1 Å². The number of benzene rings is 2. The minimum atomic E-state index is -0.272. The Kier molecular flexibility index (Phi) is 6.71. The van der Waals surface area contributed by atoms with E-state index in [1.165, 1.54) is 31.1 Å². The van der Waals surface area contributed by atoms with Crippen LogP contribution in [-0.4, -0.2) is 35.3 Å². The quantitative estimate of drug-likeness (QED) is 0.277. The Morgan fingerprint density at radius 2 is 1.74 bits per heavy atom. The average molecular weight is 568 g/mol. The zero-order valence-corrected chi connectivity index (χ0v) is 23.5. The van der Waals surface area contributed by atoms with Crippen LogP contribution in [0.5, 0.6) is 0 Å². The summed E-state index contributed by atoms with van der Waals surface area (Å²) in [5.74, 6) is 2.30. The van der Waals surface area contributed by atoms with Crippen molar-refractivity contribution in [2.45, 2.75) is 76.3 Å². The highest BCUT2D eigenvalue weighted by Crippen LogP contribution is 2.49. The predicted molar refractivity (Wildman–Crippen MR) is 149 cm³/mol. The molecular formula is C31H32Cl2N2O4. The van der Waals surface area contributed by atoms with Crippen molar-refractivity contribution in [3.63, 3.8) is 0 Å². The molecule has 0 radical (unpaired) electrons. The van der Waals surface area contributed by atoms with Crippen LogP contribution < -0.4 is 0 Å². The lowest BCUT2D eigenvalue weighted by molar-refractivity contribution is -0.0334. The third-order valence-electron chi connectivity index (χ3n) is 9.23. The molecule has 0 unspecified atom stereocenters. The number of esters is 1. The maximum atomic E-state index is 12.0. The van der Waals surface area contributed by atoms with Crippen molar-refractivity contribution in [2.24, 2.45) is 11.8 Å². The van der Waals surface area contributed by atoms with Gasteiger partial charge in [0, 0.05) is 36.2 Å². The number of carbonyl (C=O) groups excluding carboxylic acids is 1.